The highest BCUT2D eigenvalue weighted by molar-refractivity contribution is 5.74. The van der Waals surface area contributed by atoms with Crippen molar-refractivity contribution >= 4 is 12.2 Å². The van der Waals surface area contributed by atoms with E-state index in [0.717, 1.165) is 36.0 Å². The van der Waals surface area contributed by atoms with Crippen LogP contribution >= 0.6 is 0 Å². The highest BCUT2D eigenvalue weighted by Crippen LogP contribution is 2.15. The lowest BCUT2D eigenvalue weighted by atomic mass is 10.1. The summed E-state index contributed by atoms with van der Waals surface area (Å²) in [4.78, 5) is 25.5. The Morgan fingerprint density at radius 3 is 2.00 bits per heavy atom. The summed E-state index contributed by atoms with van der Waals surface area (Å²) in [5.41, 5.74) is 5.39. The Labute approximate surface area is 191 Å². The maximum absolute atomic E-state index is 13.0. The summed E-state index contributed by atoms with van der Waals surface area (Å²) in [5, 5.41) is 1.25. The molecule has 0 saturated carbocycles. The molecule has 0 saturated heterocycles. The molecule has 172 valence electrons. The molecular weight excluding hydrogens is 404 g/mol. The average Bonchev–Trinajstić information content (AvgIpc) is 2.80. The molecule has 2 aromatic rings. The van der Waals surface area contributed by atoms with E-state index in [4.69, 9.17) is 9.47 Å². The second-order valence-corrected chi connectivity index (χ2v) is 7.89. The minimum atomic E-state index is -0.701. The number of hydrogen-bond acceptors (Lipinski definition) is 4. The lowest BCUT2D eigenvalue weighted by Gasteiger charge is -2.29. The Hall–Kier alpha value is -3.28. The number of benzene rings is 2. The van der Waals surface area contributed by atoms with Gasteiger partial charge in [0.05, 0.1) is 6.04 Å². The van der Waals surface area contributed by atoms with Crippen LogP contribution in [-0.4, -0.2) is 23.2 Å². The molecule has 6 nitrogen and oxygen atoms in total. The summed E-state index contributed by atoms with van der Waals surface area (Å²) < 4.78 is 10.8. The third kappa shape index (κ3) is 9.25. The van der Waals surface area contributed by atoms with Crippen LogP contribution < -0.4 is 5.43 Å². The van der Waals surface area contributed by atoms with Crippen LogP contribution in [0.1, 0.15) is 57.6 Å². The van der Waals surface area contributed by atoms with Crippen LogP contribution in [0.25, 0.3) is 0 Å². The van der Waals surface area contributed by atoms with Crippen LogP contribution in [-0.2, 0) is 22.7 Å². The number of amides is 2. The molecule has 0 radical (unpaired) electrons. The van der Waals surface area contributed by atoms with E-state index < -0.39 is 12.2 Å². The van der Waals surface area contributed by atoms with Crippen molar-refractivity contribution in [3.8, 4) is 0 Å². The molecule has 0 aliphatic carbocycles. The number of ether oxygens (including phenoxy) is 2. The fourth-order valence-corrected chi connectivity index (χ4v) is 3.18. The minimum Gasteiger partial charge on any atom is -0.443 e. The van der Waals surface area contributed by atoms with E-state index in [9.17, 15) is 9.59 Å². The van der Waals surface area contributed by atoms with Crippen molar-refractivity contribution in [2.75, 3.05) is 0 Å². The lowest BCUT2D eigenvalue weighted by Crippen LogP contribution is -2.51. The van der Waals surface area contributed by atoms with Crippen LogP contribution in [0.15, 0.2) is 72.3 Å². The standard InChI is InChI=1S/C26H34N2O4/c1-4-5-8-17-24(18-21(2)3)28(26(30)32-20-23-15-11-7-12-16-23)27-25(29)31-19-22-13-9-6-10-14-22/h6-7,9-16,18,24H,4-5,8,17,19-20H2,1-3H3,(H,27,29). The summed E-state index contributed by atoms with van der Waals surface area (Å²) in [6.07, 6.45) is 4.38. The smallest absolute Gasteiger partial charge is 0.429 e. The molecule has 1 atom stereocenters. The van der Waals surface area contributed by atoms with Gasteiger partial charge in [-0.05, 0) is 31.4 Å². The first-order chi connectivity index (χ1) is 15.5. The van der Waals surface area contributed by atoms with Gasteiger partial charge in [0.1, 0.15) is 13.2 Å². The highest BCUT2D eigenvalue weighted by atomic mass is 16.6. The Morgan fingerprint density at radius 2 is 1.47 bits per heavy atom. The van der Waals surface area contributed by atoms with Crippen LogP contribution in [0.4, 0.5) is 9.59 Å². The van der Waals surface area contributed by atoms with E-state index in [1.165, 1.54) is 5.01 Å². The van der Waals surface area contributed by atoms with Crippen LogP contribution in [0.3, 0.4) is 0 Å². The summed E-state index contributed by atoms with van der Waals surface area (Å²) in [5.74, 6) is 0. The molecule has 0 aliphatic rings. The van der Waals surface area contributed by atoms with E-state index in [-0.39, 0.29) is 19.3 Å². The summed E-state index contributed by atoms with van der Waals surface area (Å²) in [6.45, 7) is 6.29. The first-order valence-electron chi connectivity index (χ1n) is 11.1. The van der Waals surface area contributed by atoms with Crippen molar-refractivity contribution < 1.29 is 19.1 Å². The van der Waals surface area contributed by atoms with E-state index in [1.54, 1.807) is 0 Å². The maximum Gasteiger partial charge on any atom is 0.429 e. The van der Waals surface area contributed by atoms with E-state index in [1.807, 2.05) is 80.6 Å². The molecule has 6 heteroatoms. The second kappa shape index (κ2) is 13.9. The van der Waals surface area contributed by atoms with Gasteiger partial charge in [-0.15, -0.1) is 0 Å². The first kappa shape index (κ1) is 25.0. The van der Waals surface area contributed by atoms with Crippen molar-refractivity contribution in [1.29, 1.82) is 0 Å². The summed E-state index contributed by atoms with van der Waals surface area (Å²) in [7, 11) is 0. The molecule has 0 spiro atoms. The Kier molecular flexibility index (Phi) is 10.9. The largest absolute Gasteiger partial charge is 0.443 e. The van der Waals surface area contributed by atoms with Gasteiger partial charge in [0.2, 0.25) is 0 Å². The molecule has 2 amide bonds. The van der Waals surface area contributed by atoms with Crippen molar-refractivity contribution in [2.24, 2.45) is 0 Å². The normalized spacial score (nSPS) is 11.2. The summed E-state index contributed by atoms with van der Waals surface area (Å²) in [6, 6.07) is 18.5. The fraction of sp³-hybridized carbons (Fsp3) is 0.385. The molecule has 0 fully saturated rings. The second-order valence-electron chi connectivity index (χ2n) is 7.89. The number of nitrogens with zero attached hydrogens (tertiary/aromatic N) is 1. The van der Waals surface area contributed by atoms with E-state index >= 15 is 0 Å². The molecular formula is C26H34N2O4. The number of hydrogen-bond donors (Lipinski definition) is 1. The lowest BCUT2D eigenvalue weighted by molar-refractivity contribution is 0.0522. The number of carbonyl (C=O) groups excluding carboxylic acids is 2. The monoisotopic (exact) mass is 438 g/mol. The number of hydrazine groups is 1. The quantitative estimate of drug-likeness (QED) is 0.265. The number of nitrogens with one attached hydrogen (secondary N) is 1. The van der Waals surface area contributed by atoms with Gasteiger partial charge in [-0.3, -0.25) is 0 Å². The highest BCUT2D eigenvalue weighted by Gasteiger charge is 2.26. The molecule has 0 aliphatic heterocycles. The molecule has 32 heavy (non-hydrogen) atoms. The van der Waals surface area contributed by atoms with Crippen LogP contribution in [0.2, 0.25) is 0 Å². The predicted molar refractivity (Wildman–Crippen MR) is 126 cm³/mol. The zero-order chi connectivity index (χ0) is 23.2. The van der Waals surface area contributed by atoms with Gasteiger partial charge in [-0.25, -0.2) is 20.0 Å². The molecule has 2 aromatic carbocycles. The topological polar surface area (TPSA) is 67.9 Å². The third-order valence-corrected chi connectivity index (χ3v) is 4.79. The van der Waals surface area contributed by atoms with Gasteiger partial charge < -0.3 is 9.47 Å². The molecule has 1 unspecified atom stereocenters. The Balaban J connectivity index is 2.10. The van der Waals surface area contributed by atoms with Crippen molar-refractivity contribution in [1.82, 2.24) is 10.4 Å². The van der Waals surface area contributed by atoms with Gasteiger partial charge in [-0.2, -0.15) is 0 Å². The number of unbranched alkanes of at least 4 members (excludes halogenated alkanes) is 2. The maximum atomic E-state index is 13.0. The van der Waals surface area contributed by atoms with Crippen LogP contribution in [0, 0.1) is 0 Å². The molecule has 0 heterocycles. The number of carbonyl (C=O) groups is 2. The van der Waals surface area contributed by atoms with Gasteiger partial charge in [-0.1, -0.05) is 98.5 Å². The molecule has 0 aromatic heterocycles. The van der Waals surface area contributed by atoms with Crippen molar-refractivity contribution in [2.45, 2.75) is 65.7 Å². The van der Waals surface area contributed by atoms with Crippen LogP contribution in [0.5, 0.6) is 0 Å². The zero-order valence-electron chi connectivity index (χ0n) is 19.3. The molecule has 0 bridgehead atoms. The first-order valence-corrected chi connectivity index (χ1v) is 11.1. The van der Waals surface area contributed by atoms with E-state index in [0.29, 0.717) is 6.42 Å². The van der Waals surface area contributed by atoms with Gasteiger partial charge >= 0.3 is 12.2 Å². The Bertz CT molecular complexity index is 849. The fourth-order valence-electron chi connectivity index (χ4n) is 3.18. The molecule has 1 N–H and O–H groups in total. The molecule has 2 rings (SSSR count). The SMILES string of the molecule is CCCCCC(C=C(C)C)N(NC(=O)OCc1ccccc1)C(=O)OCc1ccccc1. The van der Waals surface area contributed by atoms with Crippen molar-refractivity contribution in [3.63, 3.8) is 0 Å². The number of rotatable bonds is 10. The van der Waals surface area contributed by atoms with Gasteiger partial charge in [0.25, 0.3) is 0 Å². The van der Waals surface area contributed by atoms with Gasteiger partial charge in [0, 0.05) is 0 Å². The van der Waals surface area contributed by atoms with E-state index in [2.05, 4.69) is 12.3 Å². The minimum absolute atomic E-state index is 0.114. The summed E-state index contributed by atoms with van der Waals surface area (Å²) >= 11 is 0. The zero-order valence-corrected chi connectivity index (χ0v) is 19.3. The van der Waals surface area contributed by atoms with Crippen molar-refractivity contribution in [3.05, 3.63) is 83.4 Å². The third-order valence-electron chi connectivity index (χ3n) is 4.79. The Morgan fingerprint density at radius 1 is 0.906 bits per heavy atom. The predicted octanol–water partition coefficient (Wildman–Crippen LogP) is 6.38. The van der Waals surface area contributed by atoms with Gasteiger partial charge in [0.15, 0.2) is 0 Å². The number of allylic oxidation sites excluding steroid dienone is 1. The average molecular weight is 439 g/mol.